The molecule has 2 aromatic carbocycles. The zero-order chi connectivity index (χ0) is 14.5. The van der Waals surface area contributed by atoms with Crippen LogP contribution in [0.25, 0.3) is 0 Å². The van der Waals surface area contributed by atoms with Gasteiger partial charge < -0.3 is 4.74 Å². The third-order valence-electron chi connectivity index (χ3n) is 2.71. The maximum absolute atomic E-state index is 10.6. The Labute approximate surface area is 115 Å². The van der Waals surface area contributed by atoms with Crippen LogP contribution in [0.1, 0.15) is 0 Å². The van der Waals surface area contributed by atoms with Crippen molar-refractivity contribution in [3.8, 4) is 5.75 Å². The predicted molar refractivity (Wildman–Crippen MR) is 76.3 cm³/mol. The third kappa shape index (κ3) is 3.11. The number of benzene rings is 2. The Hall–Kier alpha value is -2.89. The lowest BCUT2D eigenvalue weighted by Crippen LogP contribution is -2.30. The summed E-state index contributed by atoms with van der Waals surface area (Å²) in [5.74, 6) is 0.561. The van der Waals surface area contributed by atoms with Crippen LogP contribution in [-0.2, 0) is 0 Å². The maximum Gasteiger partial charge on any atom is 0.294 e. The van der Waals surface area contributed by atoms with E-state index in [0.29, 0.717) is 11.4 Å². The van der Waals surface area contributed by atoms with Crippen molar-refractivity contribution in [1.29, 1.82) is 5.41 Å². The molecule has 0 heterocycles. The van der Waals surface area contributed by atoms with Crippen molar-refractivity contribution >= 4 is 17.4 Å². The van der Waals surface area contributed by atoms with Crippen LogP contribution in [0.3, 0.4) is 0 Å². The SMILES string of the molecule is CN(C(=N)Oc1ccccc1)c1ccc([N+](=O)[O-])cc1. The Kier molecular flexibility index (Phi) is 3.95. The fourth-order valence-corrected chi connectivity index (χ4v) is 1.58. The van der Waals surface area contributed by atoms with E-state index in [0.717, 1.165) is 0 Å². The van der Waals surface area contributed by atoms with Crippen LogP contribution in [0.15, 0.2) is 54.6 Å². The first-order valence-corrected chi connectivity index (χ1v) is 5.87. The monoisotopic (exact) mass is 271 g/mol. The number of nitrogens with one attached hydrogen (secondary N) is 1. The minimum Gasteiger partial charge on any atom is -0.426 e. The summed E-state index contributed by atoms with van der Waals surface area (Å²) in [4.78, 5) is 11.6. The Balaban J connectivity index is 2.08. The number of hydrogen-bond acceptors (Lipinski definition) is 4. The van der Waals surface area contributed by atoms with Crippen molar-refractivity contribution < 1.29 is 9.66 Å². The summed E-state index contributed by atoms with van der Waals surface area (Å²) < 4.78 is 5.38. The van der Waals surface area contributed by atoms with Crippen LogP contribution in [0.2, 0.25) is 0 Å². The first-order valence-electron chi connectivity index (χ1n) is 5.87. The zero-order valence-electron chi connectivity index (χ0n) is 10.8. The smallest absolute Gasteiger partial charge is 0.294 e. The number of non-ortho nitro benzene ring substituents is 1. The van der Waals surface area contributed by atoms with Crippen molar-refractivity contribution in [2.24, 2.45) is 0 Å². The summed E-state index contributed by atoms with van der Waals surface area (Å²) in [5, 5.41) is 18.5. The van der Waals surface area contributed by atoms with Crippen LogP contribution < -0.4 is 9.64 Å². The lowest BCUT2D eigenvalue weighted by atomic mass is 10.3. The Morgan fingerprint density at radius 1 is 1.15 bits per heavy atom. The molecule has 0 aliphatic rings. The number of para-hydroxylation sites is 1. The van der Waals surface area contributed by atoms with E-state index in [-0.39, 0.29) is 11.7 Å². The molecule has 0 saturated carbocycles. The molecule has 0 saturated heterocycles. The minimum absolute atomic E-state index is 0.0117. The molecule has 0 amide bonds. The molecule has 102 valence electrons. The minimum atomic E-state index is -0.463. The fraction of sp³-hybridized carbons (Fsp3) is 0.0714. The first-order chi connectivity index (χ1) is 9.58. The summed E-state index contributed by atoms with van der Waals surface area (Å²) in [5.41, 5.74) is 0.647. The number of nitrogens with zero attached hydrogens (tertiary/aromatic N) is 2. The second-order valence-corrected chi connectivity index (χ2v) is 4.05. The van der Waals surface area contributed by atoms with Crippen molar-refractivity contribution in [1.82, 2.24) is 0 Å². The molecule has 0 aliphatic heterocycles. The third-order valence-corrected chi connectivity index (χ3v) is 2.71. The summed E-state index contributed by atoms with van der Waals surface area (Å²) in [6.07, 6.45) is 0. The van der Waals surface area contributed by atoms with E-state index in [2.05, 4.69) is 0 Å². The number of nitro benzene ring substituents is 1. The molecule has 0 radical (unpaired) electrons. The largest absolute Gasteiger partial charge is 0.426 e. The van der Waals surface area contributed by atoms with E-state index >= 15 is 0 Å². The van der Waals surface area contributed by atoms with Gasteiger partial charge in [0.2, 0.25) is 0 Å². The van der Waals surface area contributed by atoms with Crippen LogP contribution in [0.4, 0.5) is 11.4 Å². The highest BCUT2D eigenvalue weighted by Crippen LogP contribution is 2.19. The number of amidine groups is 1. The highest BCUT2D eigenvalue weighted by atomic mass is 16.6. The summed E-state index contributed by atoms with van der Waals surface area (Å²) >= 11 is 0. The topological polar surface area (TPSA) is 79.5 Å². The molecule has 20 heavy (non-hydrogen) atoms. The molecule has 6 heteroatoms. The molecule has 1 N–H and O–H groups in total. The van der Waals surface area contributed by atoms with Crippen molar-refractivity contribution in [3.05, 3.63) is 64.7 Å². The molecular formula is C14H13N3O3. The second kappa shape index (κ2) is 5.83. The van der Waals surface area contributed by atoms with E-state index in [1.165, 1.54) is 17.0 Å². The summed E-state index contributed by atoms with van der Waals surface area (Å²) in [7, 11) is 1.66. The normalized spacial score (nSPS) is 9.85. The van der Waals surface area contributed by atoms with Crippen molar-refractivity contribution in [2.75, 3.05) is 11.9 Å². The maximum atomic E-state index is 10.6. The summed E-state index contributed by atoms with van der Waals surface area (Å²) in [6, 6.07) is 14.8. The summed E-state index contributed by atoms with van der Waals surface area (Å²) in [6.45, 7) is 0. The first kappa shape index (κ1) is 13.5. The molecule has 6 nitrogen and oxygen atoms in total. The average Bonchev–Trinajstić information content (AvgIpc) is 2.47. The molecule has 0 unspecified atom stereocenters. The van der Waals surface area contributed by atoms with Gasteiger partial charge in [-0.3, -0.25) is 20.4 Å². The Morgan fingerprint density at radius 2 is 1.75 bits per heavy atom. The van der Waals surface area contributed by atoms with Crippen LogP contribution in [0, 0.1) is 15.5 Å². The van der Waals surface area contributed by atoms with Gasteiger partial charge in [-0.05, 0) is 24.3 Å². The van der Waals surface area contributed by atoms with Crippen LogP contribution in [-0.4, -0.2) is 18.0 Å². The number of hydrogen-bond donors (Lipinski definition) is 1. The van der Waals surface area contributed by atoms with Gasteiger partial charge in [-0.25, -0.2) is 0 Å². The molecule has 2 aromatic rings. The van der Waals surface area contributed by atoms with Gasteiger partial charge in [0, 0.05) is 24.9 Å². The molecule has 0 bridgehead atoms. The average molecular weight is 271 g/mol. The van der Waals surface area contributed by atoms with Gasteiger partial charge in [0.25, 0.3) is 11.7 Å². The van der Waals surface area contributed by atoms with Crippen LogP contribution >= 0.6 is 0 Å². The lowest BCUT2D eigenvalue weighted by molar-refractivity contribution is -0.384. The zero-order valence-corrected chi connectivity index (χ0v) is 10.8. The lowest BCUT2D eigenvalue weighted by Gasteiger charge is -2.19. The van der Waals surface area contributed by atoms with E-state index in [1.54, 1.807) is 31.3 Å². The van der Waals surface area contributed by atoms with Gasteiger partial charge in [0.15, 0.2) is 0 Å². The Bertz CT molecular complexity index is 611. The number of rotatable bonds is 3. The van der Waals surface area contributed by atoms with Gasteiger partial charge in [-0.15, -0.1) is 0 Å². The molecule has 0 spiro atoms. The Morgan fingerprint density at radius 3 is 2.30 bits per heavy atom. The molecule has 0 fully saturated rings. The van der Waals surface area contributed by atoms with Gasteiger partial charge in [0.05, 0.1) is 4.92 Å². The van der Waals surface area contributed by atoms with Gasteiger partial charge in [-0.2, -0.15) is 0 Å². The van der Waals surface area contributed by atoms with E-state index in [1.807, 2.05) is 18.2 Å². The van der Waals surface area contributed by atoms with Gasteiger partial charge in [-0.1, -0.05) is 18.2 Å². The van der Waals surface area contributed by atoms with E-state index < -0.39 is 4.92 Å². The van der Waals surface area contributed by atoms with Crippen molar-refractivity contribution in [3.63, 3.8) is 0 Å². The number of nitro groups is 1. The molecule has 0 atom stereocenters. The number of ether oxygens (including phenoxy) is 1. The molecule has 2 rings (SSSR count). The standard InChI is InChI=1S/C14H13N3O3/c1-16(11-7-9-12(10-8-11)17(18)19)14(15)20-13-5-3-2-4-6-13/h2-10,15H,1H3. The molecule has 0 aliphatic carbocycles. The van der Waals surface area contributed by atoms with E-state index in [4.69, 9.17) is 10.1 Å². The van der Waals surface area contributed by atoms with Crippen LogP contribution in [0.5, 0.6) is 5.75 Å². The van der Waals surface area contributed by atoms with Gasteiger partial charge >= 0.3 is 0 Å². The van der Waals surface area contributed by atoms with Crippen molar-refractivity contribution in [2.45, 2.75) is 0 Å². The van der Waals surface area contributed by atoms with Gasteiger partial charge in [0.1, 0.15) is 5.75 Å². The van der Waals surface area contributed by atoms with E-state index in [9.17, 15) is 10.1 Å². The second-order valence-electron chi connectivity index (χ2n) is 4.05. The highest BCUT2D eigenvalue weighted by Gasteiger charge is 2.11. The molecule has 0 aromatic heterocycles. The highest BCUT2D eigenvalue weighted by molar-refractivity contribution is 5.90. The fourth-order valence-electron chi connectivity index (χ4n) is 1.58. The quantitative estimate of drug-likeness (QED) is 0.402. The molecular weight excluding hydrogens is 258 g/mol. The number of anilines is 1. The predicted octanol–water partition coefficient (Wildman–Crippen LogP) is 3.04.